The third-order valence-electron chi connectivity index (χ3n) is 1.60. The van der Waals surface area contributed by atoms with Gasteiger partial charge in [-0.3, -0.25) is 10.5 Å². The van der Waals surface area contributed by atoms with Crippen LogP contribution in [-0.4, -0.2) is 18.8 Å². The van der Waals surface area contributed by atoms with Gasteiger partial charge in [-0.05, 0) is 20.8 Å². The number of carbonyl (C=O) groups is 1. The number of benzene rings is 1. The van der Waals surface area contributed by atoms with Crippen molar-refractivity contribution in [2.45, 2.75) is 26.4 Å². The van der Waals surface area contributed by atoms with E-state index in [1.165, 1.54) is 0 Å². The maximum absolute atomic E-state index is 11.3. The second-order valence-electron chi connectivity index (χ2n) is 4.21. The van der Waals surface area contributed by atoms with Crippen LogP contribution in [-0.2, 0) is 4.74 Å². The van der Waals surface area contributed by atoms with Crippen molar-refractivity contribution in [3.63, 3.8) is 0 Å². The minimum absolute atomic E-state index is 0. The van der Waals surface area contributed by atoms with Crippen molar-refractivity contribution in [1.82, 2.24) is 0 Å². The van der Waals surface area contributed by atoms with Gasteiger partial charge in [0.25, 0.3) is 0 Å². The Morgan fingerprint density at radius 1 is 1.28 bits per heavy atom. The summed E-state index contributed by atoms with van der Waals surface area (Å²) in [5.74, 6) is 0.600. The Morgan fingerprint density at radius 3 is 2.28 bits per heavy atom. The summed E-state index contributed by atoms with van der Waals surface area (Å²) in [6, 6.07) is 7.75. The zero-order valence-corrected chi connectivity index (χ0v) is 18.2. The zero-order valence-electron chi connectivity index (χ0n) is 11.9. The van der Waals surface area contributed by atoms with Crippen LogP contribution in [0.2, 0.25) is 0 Å². The summed E-state index contributed by atoms with van der Waals surface area (Å²) in [6.45, 7) is 5.38. The van der Waals surface area contributed by atoms with Crippen LogP contribution in [0.15, 0.2) is 18.2 Å². The van der Waals surface area contributed by atoms with Gasteiger partial charge in [0.15, 0.2) is 0 Å². The fourth-order valence-electron chi connectivity index (χ4n) is 0.989. The van der Waals surface area contributed by atoms with Crippen LogP contribution in [0.4, 0.5) is 10.5 Å². The molecule has 0 aliphatic rings. The van der Waals surface area contributed by atoms with Gasteiger partial charge in [-0.1, -0.05) is 0 Å². The number of carbonyl (C=O) groups excluding carboxylic acids is 1. The van der Waals surface area contributed by atoms with Gasteiger partial charge in [-0.15, -0.1) is 12.1 Å². The summed E-state index contributed by atoms with van der Waals surface area (Å²) in [5.41, 5.74) is -0.0356. The summed E-state index contributed by atoms with van der Waals surface area (Å²) in [5, 5.41) is 3.77. The molecule has 0 N–H and O–H groups in total. The first kappa shape index (κ1) is 21.9. The van der Waals surface area contributed by atoms with Crippen molar-refractivity contribution in [3.8, 4) is 5.75 Å². The molecule has 0 heterocycles. The molecule has 0 radical (unpaired) electrons. The van der Waals surface area contributed by atoms with Crippen molar-refractivity contribution >= 4 is 11.8 Å². The molecule has 0 aliphatic carbocycles. The molecule has 1 rings (SSSR count). The molecule has 0 saturated heterocycles. The molecule has 0 atom stereocenters. The smallest absolute Gasteiger partial charge is 0.649 e. The standard InChI is InChI=1S/C12H16NO3.2K/c1-12(2,3)16-11(14)13-9-5-7-10(15-4)8-6-9;;/h5-7H,1-4H3,(H,13,14);;/q-1;2*+1/p-1. The molecule has 4 nitrogen and oxygen atoms in total. The first-order chi connectivity index (χ1) is 7.40. The molecule has 0 spiro atoms. The van der Waals surface area contributed by atoms with E-state index in [0.717, 1.165) is 0 Å². The van der Waals surface area contributed by atoms with E-state index >= 15 is 0 Å². The summed E-state index contributed by atoms with van der Waals surface area (Å²) >= 11 is 0. The molecule has 1 aromatic rings. The number of methoxy groups -OCH3 is 1. The SMILES string of the molecule is COc1[c-]cc([N-]C(=O)OC(C)(C)C)cc1.[K+].[K+]. The average Bonchev–Trinajstić information content (AvgIpc) is 2.16. The molecule has 0 aromatic heterocycles. The summed E-state index contributed by atoms with van der Waals surface area (Å²) < 4.78 is 9.99. The van der Waals surface area contributed by atoms with Crippen molar-refractivity contribution in [2.24, 2.45) is 0 Å². The third kappa shape index (κ3) is 9.46. The minimum Gasteiger partial charge on any atom is -0.649 e. The van der Waals surface area contributed by atoms with Crippen LogP contribution < -0.4 is 108 Å². The van der Waals surface area contributed by atoms with Crippen LogP contribution in [0, 0.1) is 6.07 Å². The molecule has 18 heavy (non-hydrogen) atoms. The predicted octanol–water partition coefficient (Wildman–Crippen LogP) is -2.56. The average molecular weight is 299 g/mol. The van der Waals surface area contributed by atoms with E-state index in [1.807, 2.05) is 0 Å². The number of nitrogens with zero attached hydrogens (tertiary/aromatic N) is 1. The van der Waals surface area contributed by atoms with Crippen molar-refractivity contribution in [1.29, 1.82) is 0 Å². The Labute approximate surface area is 193 Å². The van der Waals surface area contributed by atoms with Gasteiger partial charge in [-0.2, -0.15) is 12.1 Å². The van der Waals surface area contributed by atoms with Gasteiger partial charge in [-0.25, -0.2) is 0 Å². The van der Waals surface area contributed by atoms with Crippen LogP contribution in [0.5, 0.6) is 5.75 Å². The van der Waals surface area contributed by atoms with Crippen LogP contribution in [0.1, 0.15) is 20.8 Å². The topological polar surface area (TPSA) is 49.6 Å². The maximum atomic E-state index is 11.3. The first-order valence-electron chi connectivity index (χ1n) is 4.91. The number of amides is 1. The molecular weight excluding hydrogens is 284 g/mol. The van der Waals surface area contributed by atoms with Crippen molar-refractivity contribution in [3.05, 3.63) is 29.6 Å². The number of hydrogen-bond acceptors (Lipinski definition) is 3. The van der Waals surface area contributed by atoms with E-state index < -0.39 is 11.7 Å². The molecule has 1 amide bonds. The van der Waals surface area contributed by atoms with E-state index in [2.05, 4.69) is 11.4 Å². The van der Waals surface area contributed by atoms with Gasteiger partial charge in [0.1, 0.15) is 5.60 Å². The summed E-state index contributed by atoms with van der Waals surface area (Å²) in [6.07, 6.45) is -0.605. The number of hydrogen-bond donors (Lipinski definition) is 0. The Morgan fingerprint density at radius 2 is 1.89 bits per heavy atom. The third-order valence-corrected chi connectivity index (χ3v) is 1.60. The minimum atomic E-state index is -0.605. The van der Waals surface area contributed by atoms with Crippen molar-refractivity contribution in [2.75, 3.05) is 7.11 Å². The summed E-state index contributed by atoms with van der Waals surface area (Å²) in [7, 11) is 1.55. The van der Waals surface area contributed by atoms with Gasteiger partial charge >= 0.3 is 103 Å². The summed E-state index contributed by atoms with van der Waals surface area (Å²) in [4.78, 5) is 11.3. The van der Waals surface area contributed by atoms with Gasteiger partial charge in [0.2, 0.25) is 6.09 Å². The molecule has 0 aliphatic heterocycles. The second kappa shape index (κ2) is 10.3. The van der Waals surface area contributed by atoms with E-state index in [1.54, 1.807) is 46.1 Å². The molecular formula is C12H15K2NO3. The second-order valence-corrected chi connectivity index (χ2v) is 4.21. The Bertz CT molecular complexity index is 361. The van der Waals surface area contributed by atoms with E-state index in [4.69, 9.17) is 9.47 Å². The maximum Gasteiger partial charge on any atom is 1.00 e. The predicted molar refractivity (Wildman–Crippen MR) is 61.1 cm³/mol. The number of rotatable bonds is 2. The van der Waals surface area contributed by atoms with Crippen LogP contribution in [0.25, 0.3) is 5.32 Å². The van der Waals surface area contributed by atoms with Gasteiger partial charge in [0, 0.05) is 5.75 Å². The Kier molecular flexibility index (Phi) is 12.5. The molecule has 6 heteroatoms. The quantitative estimate of drug-likeness (QED) is 0.446. The fourth-order valence-corrected chi connectivity index (χ4v) is 0.989. The monoisotopic (exact) mass is 299 g/mol. The normalized spacial score (nSPS) is 9.56. The van der Waals surface area contributed by atoms with Crippen molar-refractivity contribution < 1.29 is 117 Å². The molecule has 0 bridgehead atoms. The number of ether oxygens (including phenoxy) is 2. The zero-order chi connectivity index (χ0) is 12.2. The van der Waals surface area contributed by atoms with Gasteiger partial charge < -0.3 is 14.8 Å². The first-order valence-corrected chi connectivity index (χ1v) is 4.91. The van der Waals surface area contributed by atoms with Gasteiger partial charge in [0.05, 0.1) is 7.11 Å². The fraction of sp³-hybridized carbons (Fsp3) is 0.417. The Balaban J connectivity index is 0. The molecule has 0 saturated carbocycles. The molecule has 88 valence electrons. The van der Waals surface area contributed by atoms with Crippen LogP contribution in [0.3, 0.4) is 0 Å². The van der Waals surface area contributed by atoms with E-state index in [-0.39, 0.29) is 103 Å². The largest absolute Gasteiger partial charge is 1.00 e. The Hall–Kier alpha value is 1.56. The van der Waals surface area contributed by atoms with E-state index in [9.17, 15) is 4.79 Å². The molecule has 1 aromatic carbocycles. The van der Waals surface area contributed by atoms with E-state index in [0.29, 0.717) is 11.4 Å². The van der Waals surface area contributed by atoms with Crippen LogP contribution >= 0.6 is 0 Å². The molecule has 0 unspecified atom stereocenters. The molecule has 0 fully saturated rings.